The van der Waals surface area contributed by atoms with E-state index < -0.39 is 41.6 Å². The molecular formula is C27H40ClN5O6. The summed E-state index contributed by atoms with van der Waals surface area (Å²) in [4.78, 5) is 49.8. The van der Waals surface area contributed by atoms with Gasteiger partial charge in [0.1, 0.15) is 24.3 Å². The first-order valence-electron chi connectivity index (χ1n) is 12.6. The van der Waals surface area contributed by atoms with Gasteiger partial charge in [-0.1, -0.05) is 25.8 Å². The van der Waals surface area contributed by atoms with Crippen LogP contribution in [-0.4, -0.2) is 54.8 Å². The molecule has 0 aliphatic heterocycles. The molecule has 12 heteroatoms. The minimum atomic E-state index is -0.984. The van der Waals surface area contributed by atoms with Crippen LogP contribution in [0.3, 0.4) is 0 Å². The Morgan fingerprint density at radius 3 is 2.36 bits per heavy atom. The summed E-state index contributed by atoms with van der Waals surface area (Å²) in [6.07, 6.45) is 5.03. The number of hydrogen-bond donors (Lipinski definition) is 5. The number of carbonyl (C=O) groups excluding carboxylic acids is 4. The van der Waals surface area contributed by atoms with Crippen LogP contribution in [0.1, 0.15) is 58.6 Å². The van der Waals surface area contributed by atoms with Crippen molar-refractivity contribution < 1.29 is 28.7 Å². The highest BCUT2D eigenvalue weighted by atomic mass is 35.5. The second-order valence-electron chi connectivity index (χ2n) is 10.2. The van der Waals surface area contributed by atoms with Crippen LogP contribution >= 0.6 is 11.6 Å². The molecule has 2 atom stereocenters. The summed E-state index contributed by atoms with van der Waals surface area (Å²) < 4.78 is 10.7. The molecule has 1 aromatic rings. The van der Waals surface area contributed by atoms with Gasteiger partial charge in [-0.2, -0.15) is 0 Å². The van der Waals surface area contributed by atoms with Gasteiger partial charge in [0.15, 0.2) is 0 Å². The van der Waals surface area contributed by atoms with E-state index in [0.29, 0.717) is 12.1 Å². The molecule has 216 valence electrons. The van der Waals surface area contributed by atoms with Crippen molar-refractivity contribution in [2.24, 2.45) is 11.7 Å². The van der Waals surface area contributed by atoms with Crippen molar-refractivity contribution in [2.75, 3.05) is 18.5 Å². The molecule has 6 N–H and O–H groups in total. The number of alkyl carbamates (subject to hydrolysis) is 1. The van der Waals surface area contributed by atoms with Crippen LogP contribution in [0.15, 0.2) is 18.2 Å². The molecule has 0 radical (unpaired) electrons. The van der Waals surface area contributed by atoms with Crippen LogP contribution in [-0.2, 0) is 31.5 Å². The SMILES string of the molecule is C#CCOCc1cc(NC(=O)C(CCCNC(N)=O)NC(=O)C(NC(=O)OC(C)(C)C)C(C)C)ccc1CCl. The van der Waals surface area contributed by atoms with Crippen molar-refractivity contribution in [1.29, 1.82) is 0 Å². The molecule has 11 nitrogen and oxygen atoms in total. The van der Waals surface area contributed by atoms with Gasteiger partial charge in [0.2, 0.25) is 11.8 Å². The van der Waals surface area contributed by atoms with Crippen LogP contribution in [0.5, 0.6) is 0 Å². The van der Waals surface area contributed by atoms with Gasteiger partial charge in [-0.15, -0.1) is 18.0 Å². The monoisotopic (exact) mass is 565 g/mol. The summed E-state index contributed by atoms with van der Waals surface area (Å²) in [6.45, 7) is 9.20. The molecule has 0 spiro atoms. The van der Waals surface area contributed by atoms with Crippen molar-refractivity contribution in [3.8, 4) is 12.3 Å². The van der Waals surface area contributed by atoms with Gasteiger partial charge in [-0.05, 0) is 62.8 Å². The van der Waals surface area contributed by atoms with Crippen molar-refractivity contribution >= 4 is 41.2 Å². The third-order valence-corrected chi connectivity index (χ3v) is 5.57. The number of benzene rings is 1. The first-order valence-corrected chi connectivity index (χ1v) is 13.1. The fourth-order valence-corrected chi connectivity index (χ4v) is 3.70. The number of halogens is 1. The normalized spacial score (nSPS) is 12.6. The summed E-state index contributed by atoms with van der Waals surface area (Å²) in [5, 5.41) is 10.6. The number of hydrogen-bond acceptors (Lipinski definition) is 6. The summed E-state index contributed by atoms with van der Waals surface area (Å²) in [5.74, 6) is 1.29. The van der Waals surface area contributed by atoms with Crippen molar-refractivity contribution in [2.45, 2.75) is 77.6 Å². The molecule has 0 fully saturated rings. The molecule has 2 unspecified atom stereocenters. The number of primary amides is 1. The highest BCUT2D eigenvalue weighted by molar-refractivity contribution is 6.17. The van der Waals surface area contributed by atoms with Gasteiger partial charge in [0, 0.05) is 18.1 Å². The summed E-state index contributed by atoms with van der Waals surface area (Å²) >= 11 is 6.02. The van der Waals surface area contributed by atoms with Crippen LogP contribution in [0.25, 0.3) is 0 Å². The van der Waals surface area contributed by atoms with E-state index in [1.165, 1.54) is 0 Å². The predicted octanol–water partition coefficient (Wildman–Crippen LogP) is 3.00. The van der Waals surface area contributed by atoms with E-state index in [1.54, 1.807) is 52.8 Å². The second kappa shape index (κ2) is 16.5. The second-order valence-corrected chi connectivity index (χ2v) is 10.4. The number of alkyl halides is 1. The standard InChI is InChI=1S/C27H40ClN5O6/c1-7-13-38-16-19-14-20(11-10-18(19)15-28)31-23(34)21(9-8-12-30-25(29)36)32-24(35)22(17(2)3)33-26(37)39-27(4,5)6/h1,10-11,14,17,21-22H,8-9,12-13,15-16H2,2-6H3,(H,31,34)(H,32,35)(H,33,37)(H3,29,30,36). The van der Waals surface area contributed by atoms with Crippen LogP contribution in [0.2, 0.25) is 0 Å². The number of nitrogens with one attached hydrogen (secondary N) is 4. The fraction of sp³-hybridized carbons (Fsp3) is 0.556. The predicted molar refractivity (Wildman–Crippen MR) is 150 cm³/mol. The minimum absolute atomic E-state index is 0.125. The van der Waals surface area contributed by atoms with E-state index in [0.717, 1.165) is 11.1 Å². The van der Waals surface area contributed by atoms with E-state index in [9.17, 15) is 19.2 Å². The smallest absolute Gasteiger partial charge is 0.408 e. The summed E-state index contributed by atoms with van der Waals surface area (Å²) in [5.41, 5.74) is 6.41. The van der Waals surface area contributed by atoms with Crippen molar-refractivity contribution in [3.63, 3.8) is 0 Å². The topological polar surface area (TPSA) is 161 Å². The Kier molecular flexibility index (Phi) is 14.2. The lowest BCUT2D eigenvalue weighted by atomic mass is 10.0. The highest BCUT2D eigenvalue weighted by Gasteiger charge is 2.30. The van der Waals surface area contributed by atoms with Crippen molar-refractivity contribution in [1.82, 2.24) is 16.0 Å². The Balaban J connectivity index is 3.07. The average Bonchev–Trinajstić information content (AvgIpc) is 2.83. The lowest BCUT2D eigenvalue weighted by Crippen LogP contribution is -2.55. The number of terminal acetylenes is 1. The molecular weight excluding hydrogens is 526 g/mol. The maximum absolute atomic E-state index is 13.3. The maximum atomic E-state index is 13.3. The van der Waals surface area contributed by atoms with Gasteiger partial charge in [0.25, 0.3) is 0 Å². The van der Waals surface area contributed by atoms with Crippen LogP contribution in [0, 0.1) is 18.3 Å². The number of anilines is 1. The number of carbonyl (C=O) groups is 4. The number of urea groups is 1. The first-order chi connectivity index (χ1) is 18.3. The van der Waals surface area contributed by atoms with E-state index in [4.69, 9.17) is 33.2 Å². The summed E-state index contributed by atoms with van der Waals surface area (Å²) in [7, 11) is 0. The largest absolute Gasteiger partial charge is 0.444 e. The summed E-state index contributed by atoms with van der Waals surface area (Å²) in [6, 6.07) is 2.54. The van der Waals surface area contributed by atoms with Crippen molar-refractivity contribution in [3.05, 3.63) is 29.3 Å². The highest BCUT2D eigenvalue weighted by Crippen LogP contribution is 2.20. The van der Waals surface area contributed by atoms with Crippen LogP contribution in [0.4, 0.5) is 15.3 Å². The average molecular weight is 566 g/mol. The molecule has 39 heavy (non-hydrogen) atoms. The molecule has 5 amide bonds. The Hall–Kier alpha value is -3.49. The van der Waals surface area contributed by atoms with Gasteiger partial charge < -0.3 is 36.5 Å². The lowest BCUT2D eigenvalue weighted by molar-refractivity contribution is -0.128. The Morgan fingerprint density at radius 2 is 1.79 bits per heavy atom. The third-order valence-electron chi connectivity index (χ3n) is 5.28. The van der Waals surface area contributed by atoms with E-state index in [2.05, 4.69) is 27.2 Å². The first kappa shape index (κ1) is 33.5. The molecule has 0 aromatic heterocycles. The fourth-order valence-electron chi connectivity index (χ4n) is 3.44. The number of ether oxygens (including phenoxy) is 2. The van der Waals surface area contributed by atoms with Gasteiger partial charge in [-0.25, -0.2) is 9.59 Å². The lowest BCUT2D eigenvalue weighted by Gasteiger charge is -2.27. The Labute approximate surface area is 235 Å². The van der Waals surface area contributed by atoms with Gasteiger partial charge >= 0.3 is 12.1 Å². The van der Waals surface area contributed by atoms with E-state index in [1.807, 2.05) is 0 Å². The Morgan fingerprint density at radius 1 is 1.10 bits per heavy atom. The van der Waals surface area contributed by atoms with E-state index in [-0.39, 0.29) is 38.0 Å². The number of rotatable bonds is 14. The van der Waals surface area contributed by atoms with Gasteiger partial charge in [0.05, 0.1) is 6.61 Å². The molecule has 1 aromatic carbocycles. The maximum Gasteiger partial charge on any atom is 0.408 e. The number of nitrogens with two attached hydrogens (primary N) is 1. The molecule has 0 bridgehead atoms. The van der Waals surface area contributed by atoms with E-state index >= 15 is 0 Å². The molecule has 0 saturated carbocycles. The Bertz CT molecular complexity index is 1030. The zero-order valence-electron chi connectivity index (χ0n) is 23.2. The molecule has 0 aliphatic rings. The zero-order chi connectivity index (χ0) is 29.6. The zero-order valence-corrected chi connectivity index (χ0v) is 23.9. The van der Waals surface area contributed by atoms with Gasteiger partial charge in [-0.3, -0.25) is 9.59 Å². The molecule has 0 saturated heterocycles. The molecule has 0 heterocycles. The third kappa shape index (κ3) is 13.2. The molecule has 1 rings (SSSR count). The van der Waals surface area contributed by atoms with Crippen LogP contribution < -0.4 is 27.0 Å². The quantitative estimate of drug-likeness (QED) is 0.132. The minimum Gasteiger partial charge on any atom is -0.444 e. The number of amides is 5. The molecule has 0 aliphatic carbocycles.